The smallest absolute Gasteiger partial charge is 0.222 e. The molecule has 1 fully saturated rings. The third-order valence-corrected chi connectivity index (χ3v) is 4.38. The van der Waals surface area contributed by atoms with Gasteiger partial charge in [0.1, 0.15) is 0 Å². The third-order valence-electron chi connectivity index (χ3n) is 4.11. The maximum Gasteiger partial charge on any atom is 0.222 e. The maximum absolute atomic E-state index is 12.0. The Morgan fingerprint density at radius 2 is 1.88 bits per heavy atom. The van der Waals surface area contributed by atoms with Gasteiger partial charge in [-0.15, -0.1) is 11.6 Å². The van der Waals surface area contributed by atoms with Crippen molar-refractivity contribution in [2.24, 2.45) is 5.92 Å². The Labute approximate surface area is 111 Å². The summed E-state index contributed by atoms with van der Waals surface area (Å²) in [6, 6.07) is 0.487. The van der Waals surface area contributed by atoms with Crippen LogP contribution in [0, 0.1) is 5.92 Å². The number of nitrogens with zero attached hydrogens (tertiary/aromatic N) is 1. The van der Waals surface area contributed by atoms with Gasteiger partial charge in [0, 0.05) is 25.4 Å². The first kappa shape index (κ1) is 14.8. The Morgan fingerprint density at radius 1 is 1.24 bits per heavy atom. The lowest BCUT2D eigenvalue weighted by molar-refractivity contribution is -0.132. The molecular formula is C14H26ClNO. The van der Waals surface area contributed by atoms with Crippen molar-refractivity contribution < 1.29 is 4.79 Å². The zero-order chi connectivity index (χ0) is 12.7. The maximum atomic E-state index is 12.0. The van der Waals surface area contributed by atoms with Crippen molar-refractivity contribution in [1.29, 1.82) is 0 Å². The van der Waals surface area contributed by atoms with E-state index in [1.54, 1.807) is 0 Å². The first-order valence-corrected chi connectivity index (χ1v) is 7.54. The molecule has 3 heteroatoms. The Kier molecular flexibility index (Phi) is 6.94. The van der Waals surface area contributed by atoms with Crippen molar-refractivity contribution in [3.05, 3.63) is 0 Å². The van der Waals surface area contributed by atoms with E-state index in [1.807, 2.05) is 11.9 Å². The van der Waals surface area contributed by atoms with Crippen LogP contribution in [0.3, 0.4) is 0 Å². The summed E-state index contributed by atoms with van der Waals surface area (Å²) in [7, 11) is 1.97. The van der Waals surface area contributed by atoms with Crippen molar-refractivity contribution >= 4 is 17.5 Å². The van der Waals surface area contributed by atoms with E-state index in [9.17, 15) is 4.79 Å². The minimum atomic E-state index is 0.301. The molecule has 0 aliphatic heterocycles. The average Bonchev–Trinajstić information content (AvgIpc) is 2.38. The summed E-state index contributed by atoms with van der Waals surface area (Å²) in [4.78, 5) is 13.9. The van der Waals surface area contributed by atoms with Gasteiger partial charge in [-0.25, -0.2) is 0 Å². The fourth-order valence-electron chi connectivity index (χ4n) is 2.69. The highest BCUT2D eigenvalue weighted by Gasteiger charge is 2.25. The van der Waals surface area contributed by atoms with Gasteiger partial charge in [-0.2, -0.15) is 0 Å². The molecule has 0 atom stereocenters. The fraction of sp³-hybridized carbons (Fsp3) is 0.929. The predicted octanol–water partition coefficient (Wildman–Crippen LogP) is 3.82. The Bertz CT molecular complexity index is 224. The normalized spacial score (nSPS) is 24.6. The molecule has 0 spiro atoms. The van der Waals surface area contributed by atoms with Gasteiger partial charge in [-0.05, 0) is 44.4 Å². The number of hydrogen-bond donors (Lipinski definition) is 0. The van der Waals surface area contributed by atoms with Crippen molar-refractivity contribution in [2.75, 3.05) is 12.9 Å². The number of unbranched alkanes of at least 4 members (excludes halogenated alkanes) is 1. The molecule has 17 heavy (non-hydrogen) atoms. The number of amides is 1. The fourth-order valence-corrected chi connectivity index (χ4v) is 2.88. The van der Waals surface area contributed by atoms with Crippen LogP contribution in [0.5, 0.6) is 0 Å². The van der Waals surface area contributed by atoms with Gasteiger partial charge in [0.15, 0.2) is 0 Å². The summed E-state index contributed by atoms with van der Waals surface area (Å²) in [5.74, 6) is 1.86. The molecule has 1 amide bonds. The number of halogens is 1. The van der Waals surface area contributed by atoms with Crippen LogP contribution in [-0.4, -0.2) is 29.8 Å². The molecule has 1 aliphatic carbocycles. The molecule has 1 saturated carbocycles. The van der Waals surface area contributed by atoms with Crippen LogP contribution in [0.2, 0.25) is 0 Å². The van der Waals surface area contributed by atoms with Crippen molar-refractivity contribution in [3.8, 4) is 0 Å². The lowest BCUT2D eigenvalue weighted by atomic mass is 9.84. The van der Waals surface area contributed by atoms with Gasteiger partial charge in [0.05, 0.1) is 0 Å². The van der Waals surface area contributed by atoms with Crippen molar-refractivity contribution in [3.63, 3.8) is 0 Å². The zero-order valence-corrected chi connectivity index (χ0v) is 12.0. The topological polar surface area (TPSA) is 20.3 Å². The van der Waals surface area contributed by atoms with Crippen LogP contribution in [0.4, 0.5) is 0 Å². The van der Waals surface area contributed by atoms with E-state index < -0.39 is 0 Å². The highest BCUT2D eigenvalue weighted by Crippen LogP contribution is 2.29. The molecule has 0 heterocycles. The molecule has 0 aromatic heterocycles. The summed E-state index contributed by atoms with van der Waals surface area (Å²) in [6.45, 7) is 2.27. The van der Waals surface area contributed by atoms with Gasteiger partial charge in [0.2, 0.25) is 5.91 Å². The largest absolute Gasteiger partial charge is 0.343 e. The van der Waals surface area contributed by atoms with E-state index in [1.165, 1.54) is 32.1 Å². The van der Waals surface area contributed by atoms with Crippen molar-refractivity contribution in [1.82, 2.24) is 4.90 Å². The number of hydrogen-bond acceptors (Lipinski definition) is 1. The van der Waals surface area contributed by atoms with Crippen LogP contribution < -0.4 is 0 Å². The van der Waals surface area contributed by atoms with Crippen LogP contribution >= 0.6 is 11.6 Å². The van der Waals surface area contributed by atoms with Crippen LogP contribution in [0.1, 0.15) is 58.3 Å². The molecule has 0 unspecified atom stereocenters. The summed E-state index contributed by atoms with van der Waals surface area (Å²) in [6.07, 6.45) is 8.80. The summed E-state index contributed by atoms with van der Waals surface area (Å²) >= 11 is 5.62. The third kappa shape index (κ3) is 4.87. The molecule has 0 saturated heterocycles. The van der Waals surface area contributed by atoms with Crippen LogP contribution in [-0.2, 0) is 4.79 Å². The first-order valence-electron chi connectivity index (χ1n) is 7.00. The zero-order valence-electron chi connectivity index (χ0n) is 11.3. The monoisotopic (exact) mass is 259 g/mol. The minimum absolute atomic E-state index is 0.301. The highest BCUT2D eigenvalue weighted by molar-refractivity contribution is 6.17. The molecule has 100 valence electrons. The molecule has 1 rings (SSSR count). The number of rotatable bonds is 6. The molecule has 0 N–H and O–H groups in total. The number of carbonyl (C=O) groups is 1. The Hall–Kier alpha value is -0.240. The minimum Gasteiger partial charge on any atom is -0.343 e. The second kappa shape index (κ2) is 7.97. The quantitative estimate of drug-likeness (QED) is 0.525. The first-order chi connectivity index (χ1) is 8.19. The lowest BCUT2D eigenvalue weighted by Gasteiger charge is -2.34. The van der Waals surface area contributed by atoms with E-state index >= 15 is 0 Å². The summed E-state index contributed by atoms with van der Waals surface area (Å²) < 4.78 is 0. The van der Waals surface area contributed by atoms with Crippen LogP contribution in [0.15, 0.2) is 0 Å². The van der Waals surface area contributed by atoms with Gasteiger partial charge in [-0.3, -0.25) is 4.79 Å². The van der Waals surface area contributed by atoms with Crippen molar-refractivity contribution in [2.45, 2.75) is 64.3 Å². The van der Waals surface area contributed by atoms with Gasteiger partial charge in [0.25, 0.3) is 0 Å². The number of carbonyl (C=O) groups excluding carboxylic acids is 1. The Morgan fingerprint density at radius 3 is 2.41 bits per heavy atom. The second-order valence-corrected chi connectivity index (χ2v) is 5.61. The average molecular weight is 260 g/mol. The van der Waals surface area contributed by atoms with E-state index in [2.05, 4.69) is 6.92 Å². The van der Waals surface area contributed by atoms with E-state index in [0.717, 1.165) is 18.8 Å². The van der Waals surface area contributed by atoms with Gasteiger partial charge in [-0.1, -0.05) is 13.3 Å². The van der Waals surface area contributed by atoms with E-state index in [-0.39, 0.29) is 0 Å². The van der Waals surface area contributed by atoms with Gasteiger partial charge < -0.3 is 4.90 Å². The molecule has 1 aliphatic rings. The predicted molar refractivity (Wildman–Crippen MR) is 73.4 cm³/mol. The van der Waals surface area contributed by atoms with E-state index in [0.29, 0.717) is 24.2 Å². The molecular weight excluding hydrogens is 234 g/mol. The number of alkyl halides is 1. The SMILES string of the molecule is CCC1CCC(N(C)C(=O)CCCCCl)CC1. The molecule has 0 bridgehead atoms. The van der Waals surface area contributed by atoms with Crippen LogP contribution in [0.25, 0.3) is 0 Å². The molecule has 0 radical (unpaired) electrons. The second-order valence-electron chi connectivity index (χ2n) is 5.23. The van der Waals surface area contributed by atoms with E-state index in [4.69, 9.17) is 11.6 Å². The summed E-state index contributed by atoms with van der Waals surface area (Å²) in [5.41, 5.74) is 0. The summed E-state index contributed by atoms with van der Waals surface area (Å²) in [5, 5.41) is 0. The van der Waals surface area contributed by atoms with Gasteiger partial charge >= 0.3 is 0 Å². The standard InChI is InChI=1S/C14H26ClNO/c1-3-12-7-9-13(10-8-12)16(2)14(17)6-4-5-11-15/h12-13H,3-11H2,1-2H3. The lowest BCUT2D eigenvalue weighted by Crippen LogP contribution is -2.39. The molecule has 2 nitrogen and oxygen atoms in total. The molecule has 0 aromatic rings. The molecule has 0 aromatic carbocycles. The Balaban J connectivity index is 2.27. The highest BCUT2D eigenvalue weighted by atomic mass is 35.5.